The van der Waals surface area contributed by atoms with Crippen LogP contribution in [0.3, 0.4) is 0 Å². The van der Waals surface area contributed by atoms with Crippen LogP contribution in [0.5, 0.6) is 0 Å². The third-order valence-electron chi connectivity index (χ3n) is 3.27. The van der Waals surface area contributed by atoms with Gasteiger partial charge in [0.05, 0.1) is 11.7 Å². The maximum Gasteiger partial charge on any atom is 0.141 e. The third-order valence-corrected chi connectivity index (χ3v) is 3.58. The molecule has 0 radical (unpaired) electrons. The van der Waals surface area contributed by atoms with Crippen LogP contribution in [0.4, 0.5) is 8.78 Å². The lowest BCUT2D eigenvalue weighted by atomic mass is 10.3. The van der Waals surface area contributed by atoms with Crippen LogP contribution in [-0.4, -0.2) is 19.8 Å². The van der Waals surface area contributed by atoms with Crippen LogP contribution in [0.25, 0.3) is 0 Å². The Morgan fingerprint density at radius 3 is 2.25 bits per heavy atom. The number of alkyl halides is 1. The van der Waals surface area contributed by atoms with Gasteiger partial charge in [-0.15, -0.1) is 0 Å². The lowest BCUT2D eigenvalue weighted by Gasteiger charge is -1.96. The molecule has 2 aliphatic rings. The van der Waals surface area contributed by atoms with Gasteiger partial charge in [0.2, 0.25) is 0 Å². The van der Waals surface area contributed by atoms with Crippen molar-refractivity contribution < 1.29 is 8.78 Å². The van der Waals surface area contributed by atoms with E-state index in [1.807, 2.05) is 0 Å². The molecule has 1 aromatic rings. The average Bonchev–Trinajstić information content (AvgIpc) is 2.74. The van der Waals surface area contributed by atoms with Gasteiger partial charge in [0.25, 0.3) is 0 Å². The molecule has 0 amide bonds. The molecular weight excluding hydrogens is 232 g/mol. The SMILES string of the molecule is FCC1C2CNCC12.Fc1ccccc1Cl. The Morgan fingerprint density at radius 1 is 1.25 bits per heavy atom. The zero-order valence-electron chi connectivity index (χ0n) is 8.80. The summed E-state index contributed by atoms with van der Waals surface area (Å²) in [5.41, 5.74) is 0. The van der Waals surface area contributed by atoms with E-state index >= 15 is 0 Å². The quantitative estimate of drug-likeness (QED) is 0.802. The lowest BCUT2D eigenvalue weighted by molar-refractivity contribution is 0.413. The summed E-state index contributed by atoms with van der Waals surface area (Å²) in [4.78, 5) is 0. The summed E-state index contributed by atoms with van der Waals surface area (Å²) in [5, 5.41) is 3.39. The van der Waals surface area contributed by atoms with E-state index in [-0.39, 0.29) is 17.5 Å². The number of hydrogen-bond acceptors (Lipinski definition) is 1. The summed E-state index contributed by atoms with van der Waals surface area (Å²) in [6, 6.07) is 6.12. The number of nitrogens with one attached hydrogen (secondary N) is 1. The van der Waals surface area contributed by atoms with E-state index in [4.69, 9.17) is 11.6 Å². The lowest BCUT2D eigenvalue weighted by Crippen LogP contribution is -2.15. The molecule has 1 aromatic carbocycles. The highest BCUT2D eigenvalue weighted by Crippen LogP contribution is 2.48. The first-order valence-electron chi connectivity index (χ1n) is 5.40. The molecule has 16 heavy (non-hydrogen) atoms. The van der Waals surface area contributed by atoms with Gasteiger partial charge in [0.1, 0.15) is 5.82 Å². The molecule has 0 spiro atoms. The molecule has 1 aliphatic heterocycles. The zero-order valence-corrected chi connectivity index (χ0v) is 9.55. The largest absolute Gasteiger partial charge is 0.316 e. The molecule has 88 valence electrons. The van der Waals surface area contributed by atoms with Crippen molar-refractivity contribution in [3.63, 3.8) is 0 Å². The Kier molecular flexibility index (Phi) is 3.77. The Morgan fingerprint density at radius 2 is 1.88 bits per heavy atom. The van der Waals surface area contributed by atoms with Crippen molar-refractivity contribution >= 4 is 11.6 Å². The molecule has 2 unspecified atom stereocenters. The molecule has 2 fully saturated rings. The second kappa shape index (κ2) is 5.11. The average molecular weight is 246 g/mol. The molecule has 0 bridgehead atoms. The van der Waals surface area contributed by atoms with Crippen LogP contribution < -0.4 is 5.32 Å². The summed E-state index contributed by atoms with van der Waals surface area (Å²) in [7, 11) is 0. The number of piperidine rings is 1. The molecule has 1 saturated heterocycles. The maximum atomic E-state index is 12.2. The van der Waals surface area contributed by atoms with Crippen molar-refractivity contribution in [2.24, 2.45) is 17.8 Å². The molecule has 1 nitrogen and oxygen atoms in total. The molecular formula is C12H14ClF2N. The number of fused-ring (bicyclic) bond motifs is 1. The summed E-state index contributed by atoms with van der Waals surface area (Å²) >= 11 is 5.33. The van der Waals surface area contributed by atoms with Crippen molar-refractivity contribution in [3.05, 3.63) is 35.1 Å². The molecule has 1 saturated carbocycles. The standard InChI is InChI=1S/C6H4ClF.C6H10FN/c7-5-3-1-2-4-6(5)8;7-1-4-5-2-8-3-6(4)5/h1-4H;4-6,8H,1-3H2. The topological polar surface area (TPSA) is 12.0 Å². The van der Waals surface area contributed by atoms with E-state index in [0.717, 1.165) is 13.1 Å². The zero-order chi connectivity index (χ0) is 11.5. The third kappa shape index (κ3) is 2.53. The van der Waals surface area contributed by atoms with Gasteiger partial charge in [-0.2, -0.15) is 0 Å². The maximum absolute atomic E-state index is 12.2. The van der Waals surface area contributed by atoms with Gasteiger partial charge in [-0.3, -0.25) is 4.39 Å². The van der Waals surface area contributed by atoms with Crippen LogP contribution in [0.15, 0.2) is 24.3 Å². The van der Waals surface area contributed by atoms with E-state index in [0.29, 0.717) is 17.8 Å². The highest BCUT2D eigenvalue weighted by atomic mass is 35.5. The monoisotopic (exact) mass is 245 g/mol. The van der Waals surface area contributed by atoms with Gasteiger partial charge in [-0.05, 0) is 43.0 Å². The van der Waals surface area contributed by atoms with Gasteiger partial charge in [0.15, 0.2) is 0 Å². The van der Waals surface area contributed by atoms with E-state index in [9.17, 15) is 8.78 Å². The van der Waals surface area contributed by atoms with Crippen LogP contribution in [0.2, 0.25) is 5.02 Å². The summed E-state index contributed by atoms with van der Waals surface area (Å²) in [6.45, 7) is 2.05. The highest BCUT2D eigenvalue weighted by molar-refractivity contribution is 6.30. The van der Waals surface area contributed by atoms with Crippen molar-refractivity contribution in [2.75, 3.05) is 19.8 Å². The number of benzene rings is 1. The minimum Gasteiger partial charge on any atom is -0.316 e. The van der Waals surface area contributed by atoms with Gasteiger partial charge in [-0.25, -0.2) is 4.39 Å². The summed E-state index contributed by atoms with van der Waals surface area (Å²) in [5.74, 6) is 1.49. The second-order valence-corrected chi connectivity index (χ2v) is 4.63. The Hall–Kier alpha value is -0.670. The van der Waals surface area contributed by atoms with Gasteiger partial charge < -0.3 is 5.32 Å². The fraction of sp³-hybridized carbons (Fsp3) is 0.500. The highest BCUT2D eigenvalue weighted by Gasteiger charge is 2.52. The number of hydrogen-bond donors (Lipinski definition) is 1. The number of halogens is 3. The first kappa shape index (κ1) is 11.8. The summed E-state index contributed by atoms with van der Waals surface area (Å²) < 4.78 is 24.1. The van der Waals surface area contributed by atoms with E-state index in [1.54, 1.807) is 12.1 Å². The Bertz CT molecular complexity index is 321. The molecule has 1 aliphatic carbocycles. The first-order valence-corrected chi connectivity index (χ1v) is 5.78. The van der Waals surface area contributed by atoms with Crippen LogP contribution in [-0.2, 0) is 0 Å². The molecule has 3 rings (SSSR count). The smallest absolute Gasteiger partial charge is 0.141 e. The van der Waals surface area contributed by atoms with Crippen molar-refractivity contribution in [3.8, 4) is 0 Å². The fourth-order valence-corrected chi connectivity index (χ4v) is 2.35. The predicted molar refractivity (Wildman–Crippen MR) is 60.7 cm³/mol. The molecule has 2 atom stereocenters. The minimum absolute atomic E-state index is 0.0863. The van der Waals surface area contributed by atoms with Crippen molar-refractivity contribution in [1.82, 2.24) is 5.32 Å². The van der Waals surface area contributed by atoms with Crippen molar-refractivity contribution in [2.45, 2.75) is 0 Å². The predicted octanol–water partition coefficient (Wildman–Crippen LogP) is 2.90. The first-order chi connectivity index (χ1) is 7.74. The number of rotatable bonds is 1. The molecule has 1 heterocycles. The van der Waals surface area contributed by atoms with E-state index in [2.05, 4.69) is 5.32 Å². The van der Waals surface area contributed by atoms with Crippen LogP contribution in [0.1, 0.15) is 0 Å². The summed E-state index contributed by atoms with van der Waals surface area (Å²) in [6.07, 6.45) is 0. The van der Waals surface area contributed by atoms with Crippen LogP contribution >= 0.6 is 11.6 Å². The van der Waals surface area contributed by atoms with Crippen molar-refractivity contribution in [1.29, 1.82) is 0 Å². The van der Waals surface area contributed by atoms with E-state index in [1.165, 1.54) is 12.1 Å². The van der Waals surface area contributed by atoms with Gasteiger partial charge in [0, 0.05) is 0 Å². The normalized spacial score (nSPS) is 30.3. The second-order valence-electron chi connectivity index (χ2n) is 4.22. The molecule has 1 N–H and O–H groups in total. The van der Waals surface area contributed by atoms with Gasteiger partial charge in [-0.1, -0.05) is 23.7 Å². The van der Waals surface area contributed by atoms with Gasteiger partial charge >= 0.3 is 0 Å². The minimum atomic E-state index is -0.367. The molecule has 0 aromatic heterocycles. The Labute approximate surface area is 98.8 Å². The van der Waals surface area contributed by atoms with Crippen LogP contribution in [0, 0.1) is 23.6 Å². The van der Waals surface area contributed by atoms with E-state index < -0.39 is 0 Å². The fourth-order valence-electron chi connectivity index (χ4n) is 2.21. The Balaban J connectivity index is 0.000000120. The molecule has 4 heteroatoms.